The molecule has 0 aliphatic carbocycles. The molecule has 4 aromatic rings. The zero-order valence-corrected chi connectivity index (χ0v) is 19.8. The second-order valence-corrected chi connectivity index (χ2v) is 8.89. The summed E-state index contributed by atoms with van der Waals surface area (Å²) in [5.41, 5.74) is 6.22. The molecule has 3 aromatic carbocycles. The number of nitrogens with one attached hydrogen (secondary N) is 2. The Balaban J connectivity index is 1.49. The summed E-state index contributed by atoms with van der Waals surface area (Å²) in [4.78, 5) is 12.6. The van der Waals surface area contributed by atoms with Crippen LogP contribution in [0.3, 0.4) is 0 Å². The van der Waals surface area contributed by atoms with Gasteiger partial charge in [0.2, 0.25) is 5.91 Å². The molecule has 6 nitrogen and oxygen atoms in total. The predicted molar refractivity (Wildman–Crippen MR) is 135 cm³/mol. The molecule has 33 heavy (non-hydrogen) atoms. The summed E-state index contributed by atoms with van der Waals surface area (Å²) in [6.45, 7) is 6.61. The van der Waals surface area contributed by atoms with Gasteiger partial charge in [0.05, 0.1) is 12.3 Å². The summed E-state index contributed by atoms with van der Waals surface area (Å²) in [6.07, 6.45) is 0. The van der Waals surface area contributed by atoms with Gasteiger partial charge < -0.3 is 10.6 Å². The molecule has 1 heterocycles. The van der Waals surface area contributed by atoms with Crippen molar-refractivity contribution in [3.8, 4) is 5.69 Å². The lowest BCUT2D eigenvalue weighted by Gasteiger charge is -2.12. The summed E-state index contributed by atoms with van der Waals surface area (Å²) in [5.74, 6) is 0.942. The van der Waals surface area contributed by atoms with E-state index in [0.717, 1.165) is 28.5 Å². The molecule has 0 aliphatic heterocycles. The van der Waals surface area contributed by atoms with Crippen LogP contribution in [0.4, 0.5) is 11.4 Å². The van der Waals surface area contributed by atoms with Crippen molar-refractivity contribution < 1.29 is 4.79 Å². The molecule has 0 saturated carbocycles. The number of amides is 1. The number of thioether (sulfide) groups is 1. The van der Waals surface area contributed by atoms with Gasteiger partial charge in [0.15, 0.2) is 11.0 Å². The second kappa shape index (κ2) is 10.4. The summed E-state index contributed by atoms with van der Waals surface area (Å²) < 4.78 is 2.00. The fourth-order valence-electron chi connectivity index (χ4n) is 3.55. The predicted octanol–water partition coefficient (Wildman–Crippen LogP) is 5.54. The van der Waals surface area contributed by atoms with Gasteiger partial charge in [-0.2, -0.15) is 0 Å². The first kappa shape index (κ1) is 22.6. The van der Waals surface area contributed by atoms with E-state index < -0.39 is 0 Å². The molecule has 4 rings (SSSR count). The number of benzene rings is 3. The van der Waals surface area contributed by atoms with Gasteiger partial charge in [-0.1, -0.05) is 59.8 Å². The SMILES string of the molecule is Cc1cccc(NCc2nnc(SCC(=O)Nc3ccc(C)cc3C)n2-c2ccccc2)c1. The maximum Gasteiger partial charge on any atom is 0.234 e. The Morgan fingerprint density at radius 3 is 2.45 bits per heavy atom. The van der Waals surface area contributed by atoms with Crippen LogP contribution >= 0.6 is 11.8 Å². The highest BCUT2D eigenvalue weighted by Gasteiger charge is 2.16. The van der Waals surface area contributed by atoms with Crippen LogP contribution in [0.25, 0.3) is 5.69 Å². The van der Waals surface area contributed by atoms with E-state index in [4.69, 9.17) is 0 Å². The molecular weight excluding hydrogens is 430 g/mol. The zero-order chi connectivity index (χ0) is 23.2. The van der Waals surface area contributed by atoms with Gasteiger partial charge in [-0.3, -0.25) is 9.36 Å². The van der Waals surface area contributed by atoms with Gasteiger partial charge in [-0.15, -0.1) is 10.2 Å². The number of hydrogen-bond donors (Lipinski definition) is 2. The molecule has 168 valence electrons. The first-order valence-electron chi connectivity index (χ1n) is 10.8. The lowest BCUT2D eigenvalue weighted by Crippen LogP contribution is -2.15. The minimum Gasteiger partial charge on any atom is -0.378 e. The average molecular weight is 458 g/mol. The fourth-order valence-corrected chi connectivity index (χ4v) is 4.32. The molecule has 2 N–H and O–H groups in total. The minimum atomic E-state index is -0.0750. The highest BCUT2D eigenvalue weighted by atomic mass is 32.2. The highest BCUT2D eigenvalue weighted by Crippen LogP contribution is 2.24. The van der Waals surface area contributed by atoms with E-state index in [0.29, 0.717) is 11.7 Å². The number of para-hydroxylation sites is 1. The van der Waals surface area contributed by atoms with E-state index >= 15 is 0 Å². The van der Waals surface area contributed by atoms with Crippen molar-refractivity contribution >= 4 is 29.0 Å². The van der Waals surface area contributed by atoms with Gasteiger partial charge in [-0.25, -0.2) is 0 Å². The summed E-state index contributed by atoms with van der Waals surface area (Å²) >= 11 is 1.37. The maximum atomic E-state index is 12.6. The van der Waals surface area contributed by atoms with Crippen LogP contribution in [0, 0.1) is 20.8 Å². The Morgan fingerprint density at radius 2 is 1.70 bits per heavy atom. The third-order valence-corrected chi connectivity index (χ3v) is 6.10. The van der Waals surface area contributed by atoms with E-state index in [2.05, 4.69) is 46.0 Å². The first-order valence-corrected chi connectivity index (χ1v) is 11.8. The van der Waals surface area contributed by atoms with Crippen LogP contribution in [-0.2, 0) is 11.3 Å². The molecule has 0 fully saturated rings. The fraction of sp³-hybridized carbons (Fsp3) is 0.192. The van der Waals surface area contributed by atoms with Crippen LogP contribution in [-0.4, -0.2) is 26.4 Å². The van der Waals surface area contributed by atoms with Crippen molar-refractivity contribution in [3.63, 3.8) is 0 Å². The summed E-state index contributed by atoms with van der Waals surface area (Å²) in [6, 6.07) is 24.2. The Labute approximate surface area is 198 Å². The smallest absolute Gasteiger partial charge is 0.234 e. The number of hydrogen-bond acceptors (Lipinski definition) is 5. The van der Waals surface area contributed by atoms with Crippen LogP contribution in [0.5, 0.6) is 0 Å². The Hall–Kier alpha value is -3.58. The van der Waals surface area contributed by atoms with Crippen molar-refractivity contribution in [2.75, 3.05) is 16.4 Å². The Bertz CT molecular complexity index is 1250. The lowest BCUT2D eigenvalue weighted by atomic mass is 10.1. The number of carbonyl (C=O) groups is 1. The van der Waals surface area contributed by atoms with Crippen molar-refractivity contribution in [3.05, 3.63) is 95.3 Å². The molecule has 0 unspecified atom stereocenters. The molecule has 0 saturated heterocycles. The van der Waals surface area contributed by atoms with E-state index in [9.17, 15) is 4.79 Å². The average Bonchev–Trinajstić information content (AvgIpc) is 3.22. The van der Waals surface area contributed by atoms with Crippen LogP contribution in [0.1, 0.15) is 22.5 Å². The van der Waals surface area contributed by atoms with E-state index in [-0.39, 0.29) is 11.7 Å². The van der Waals surface area contributed by atoms with E-state index in [1.54, 1.807) is 0 Å². The van der Waals surface area contributed by atoms with Crippen LogP contribution < -0.4 is 10.6 Å². The number of aryl methyl sites for hydroxylation is 3. The minimum absolute atomic E-state index is 0.0750. The number of anilines is 2. The van der Waals surface area contributed by atoms with Crippen LogP contribution in [0.2, 0.25) is 0 Å². The molecular formula is C26H27N5OS. The van der Waals surface area contributed by atoms with Crippen molar-refractivity contribution in [1.82, 2.24) is 14.8 Å². The molecule has 7 heteroatoms. The Morgan fingerprint density at radius 1 is 0.909 bits per heavy atom. The van der Waals surface area contributed by atoms with Crippen molar-refractivity contribution in [2.45, 2.75) is 32.5 Å². The monoisotopic (exact) mass is 457 g/mol. The number of nitrogens with zero attached hydrogens (tertiary/aromatic N) is 3. The van der Waals surface area contributed by atoms with Gasteiger partial charge in [0.1, 0.15) is 0 Å². The number of rotatable bonds is 8. The maximum absolute atomic E-state index is 12.6. The van der Waals surface area contributed by atoms with Gasteiger partial charge in [-0.05, 0) is 62.2 Å². The van der Waals surface area contributed by atoms with Crippen molar-refractivity contribution in [2.24, 2.45) is 0 Å². The number of aromatic nitrogens is 3. The quantitative estimate of drug-likeness (QED) is 0.340. The molecule has 0 atom stereocenters. The third-order valence-electron chi connectivity index (χ3n) is 5.17. The normalized spacial score (nSPS) is 10.8. The summed E-state index contributed by atoms with van der Waals surface area (Å²) in [5, 5.41) is 15.9. The standard InChI is InChI=1S/C26H27N5OS/c1-18-8-7-9-21(15-18)27-16-24-29-30-26(31(24)22-10-5-4-6-11-22)33-17-25(32)28-23-13-12-19(2)14-20(23)3/h4-15,27H,16-17H2,1-3H3,(H,28,32). The van der Waals surface area contributed by atoms with Gasteiger partial charge in [0, 0.05) is 17.1 Å². The molecule has 0 spiro atoms. The number of carbonyl (C=O) groups excluding carboxylic acids is 1. The molecule has 1 amide bonds. The van der Waals surface area contributed by atoms with Gasteiger partial charge >= 0.3 is 0 Å². The lowest BCUT2D eigenvalue weighted by molar-refractivity contribution is -0.113. The molecule has 0 aliphatic rings. The third kappa shape index (κ3) is 5.81. The summed E-state index contributed by atoms with van der Waals surface area (Å²) in [7, 11) is 0. The Kier molecular flexibility index (Phi) is 7.10. The van der Waals surface area contributed by atoms with Crippen molar-refractivity contribution in [1.29, 1.82) is 0 Å². The molecule has 1 aromatic heterocycles. The van der Waals surface area contributed by atoms with Crippen LogP contribution in [0.15, 0.2) is 78.0 Å². The first-order chi connectivity index (χ1) is 16.0. The molecule has 0 radical (unpaired) electrons. The topological polar surface area (TPSA) is 71.8 Å². The highest BCUT2D eigenvalue weighted by molar-refractivity contribution is 7.99. The van der Waals surface area contributed by atoms with Gasteiger partial charge in [0.25, 0.3) is 0 Å². The second-order valence-electron chi connectivity index (χ2n) is 7.95. The largest absolute Gasteiger partial charge is 0.378 e. The zero-order valence-electron chi connectivity index (χ0n) is 19.0. The van der Waals surface area contributed by atoms with E-state index in [1.807, 2.05) is 73.0 Å². The molecule has 0 bridgehead atoms. The van der Waals surface area contributed by atoms with E-state index in [1.165, 1.54) is 22.9 Å².